The van der Waals surface area contributed by atoms with Crippen LogP contribution < -0.4 is 5.32 Å². The first-order chi connectivity index (χ1) is 12.0. The van der Waals surface area contributed by atoms with Crippen LogP contribution in [0.3, 0.4) is 0 Å². The Labute approximate surface area is 147 Å². The Balaban J connectivity index is 1.50. The lowest BCUT2D eigenvalue weighted by atomic mass is 9.54. The molecule has 4 aliphatic rings. The van der Waals surface area contributed by atoms with Gasteiger partial charge in [0.25, 0.3) is 0 Å². The van der Waals surface area contributed by atoms with E-state index in [-0.39, 0.29) is 17.8 Å². The standard InChI is InChI=1S/C18H26N4O3/c1-3-15(21-10(2)4-16(20-21)22(24)25)18(23)19-17-13-6-11-5-12(8-13)9-14(17)7-11/h4,11-15,17H,3,5-9H2,1-2H3,(H,19,23). The maximum atomic E-state index is 13.0. The SMILES string of the molecule is CCC(C(=O)NC1C2CC3CC(C2)CC1C3)n1nc([N+](=O)[O-])cc1C. The van der Waals surface area contributed by atoms with E-state index in [0.717, 1.165) is 11.8 Å². The lowest BCUT2D eigenvalue weighted by molar-refractivity contribution is -0.389. The van der Waals surface area contributed by atoms with Crippen molar-refractivity contribution in [2.24, 2.45) is 23.7 Å². The van der Waals surface area contributed by atoms with Gasteiger partial charge in [0.1, 0.15) is 0 Å². The predicted molar refractivity (Wildman–Crippen MR) is 91.9 cm³/mol. The van der Waals surface area contributed by atoms with Crippen molar-refractivity contribution in [2.75, 3.05) is 0 Å². The van der Waals surface area contributed by atoms with E-state index in [1.807, 2.05) is 6.92 Å². The minimum atomic E-state index is -0.508. The molecule has 25 heavy (non-hydrogen) atoms. The number of nitrogens with zero attached hydrogens (tertiary/aromatic N) is 3. The summed E-state index contributed by atoms with van der Waals surface area (Å²) in [6.07, 6.45) is 6.96. The summed E-state index contributed by atoms with van der Waals surface area (Å²) < 4.78 is 1.52. The number of hydrogen-bond donors (Lipinski definition) is 1. The van der Waals surface area contributed by atoms with Crippen LogP contribution in [-0.4, -0.2) is 26.7 Å². The van der Waals surface area contributed by atoms with Gasteiger partial charge in [0.15, 0.2) is 6.04 Å². The van der Waals surface area contributed by atoms with Gasteiger partial charge >= 0.3 is 5.82 Å². The monoisotopic (exact) mass is 346 g/mol. The lowest BCUT2D eigenvalue weighted by Crippen LogP contribution is -2.56. The van der Waals surface area contributed by atoms with E-state index < -0.39 is 11.0 Å². The van der Waals surface area contributed by atoms with Crippen molar-refractivity contribution in [3.63, 3.8) is 0 Å². The van der Waals surface area contributed by atoms with Crippen LogP contribution in [0.25, 0.3) is 0 Å². The molecule has 0 radical (unpaired) electrons. The van der Waals surface area contributed by atoms with Crippen LogP contribution in [0.1, 0.15) is 57.2 Å². The molecule has 1 unspecified atom stereocenters. The topological polar surface area (TPSA) is 90.1 Å². The van der Waals surface area contributed by atoms with E-state index >= 15 is 0 Å². The first-order valence-electron chi connectivity index (χ1n) is 9.47. The molecule has 1 aromatic heterocycles. The Morgan fingerprint density at radius 3 is 2.40 bits per heavy atom. The van der Waals surface area contributed by atoms with Gasteiger partial charge in [-0.15, -0.1) is 0 Å². The van der Waals surface area contributed by atoms with Gasteiger partial charge in [-0.1, -0.05) is 6.92 Å². The number of nitrogens with one attached hydrogen (secondary N) is 1. The van der Waals surface area contributed by atoms with Crippen LogP contribution in [-0.2, 0) is 4.79 Å². The molecule has 4 bridgehead atoms. The quantitative estimate of drug-likeness (QED) is 0.655. The molecule has 0 aliphatic heterocycles. The van der Waals surface area contributed by atoms with Crippen molar-refractivity contribution in [3.8, 4) is 0 Å². The summed E-state index contributed by atoms with van der Waals surface area (Å²) >= 11 is 0. The zero-order valence-corrected chi connectivity index (χ0v) is 14.9. The van der Waals surface area contributed by atoms with Crippen LogP contribution in [0.2, 0.25) is 0 Å². The van der Waals surface area contributed by atoms with E-state index in [1.54, 1.807) is 6.92 Å². The second kappa shape index (κ2) is 6.11. The van der Waals surface area contributed by atoms with Crippen molar-refractivity contribution in [1.82, 2.24) is 15.1 Å². The van der Waals surface area contributed by atoms with Gasteiger partial charge in [0.05, 0.1) is 16.9 Å². The Bertz CT molecular complexity index is 670. The Morgan fingerprint density at radius 1 is 1.32 bits per heavy atom. The molecular weight excluding hydrogens is 320 g/mol. The molecule has 0 spiro atoms. The fourth-order valence-electron chi connectivity index (χ4n) is 5.77. The molecule has 7 heteroatoms. The van der Waals surface area contributed by atoms with Crippen molar-refractivity contribution in [2.45, 2.75) is 64.5 Å². The van der Waals surface area contributed by atoms with E-state index in [2.05, 4.69) is 10.4 Å². The summed E-state index contributed by atoms with van der Waals surface area (Å²) in [5, 5.41) is 18.3. The number of nitro groups is 1. The average molecular weight is 346 g/mol. The van der Waals surface area contributed by atoms with Gasteiger partial charge in [-0.05, 0) is 74.0 Å². The van der Waals surface area contributed by atoms with E-state index in [0.29, 0.717) is 24.0 Å². The third kappa shape index (κ3) is 2.83. The number of aromatic nitrogens is 2. The molecule has 1 heterocycles. The van der Waals surface area contributed by atoms with Gasteiger partial charge in [0, 0.05) is 6.04 Å². The summed E-state index contributed by atoms with van der Waals surface area (Å²) in [7, 11) is 0. The molecule has 7 nitrogen and oxygen atoms in total. The van der Waals surface area contributed by atoms with Crippen LogP contribution in [0.5, 0.6) is 0 Å². The molecule has 4 aliphatic carbocycles. The second-order valence-electron chi connectivity index (χ2n) is 8.23. The summed E-state index contributed by atoms with van der Waals surface area (Å²) in [6, 6.07) is 1.23. The zero-order valence-electron chi connectivity index (χ0n) is 14.9. The minimum absolute atomic E-state index is 0.0407. The second-order valence-corrected chi connectivity index (χ2v) is 8.23. The molecule has 1 N–H and O–H groups in total. The highest BCUT2D eigenvalue weighted by molar-refractivity contribution is 5.80. The van der Waals surface area contributed by atoms with Crippen LogP contribution in [0, 0.1) is 40.7 Å². The van der Waals surface area contributed by atoms with Crippen molar-refractivity contribution < 1.29 is 9.72 Å². The summed E-state index contributed by atoms with van der Waals surface area (Å²) in [5.41, 5.74) is 0.652. The first-order valence-corrected chi connectivity index (χ1v) is 9.47. The fourth-order valence-corrected chi connectivity index (χ4v) is 5.77. The Morgan fingerprint density at radius 2 is 1.92 bits per heavy atom. The number of carbonyl (C=O) groups excluding carboxylic acids is 1. The molecule has 5 rings (SSSR count). The van der Waals surface area contributed by atoms with Gasteiger partial charge in [-0.25, -0.2) is 0 Å². The van der Waals surface area contributed by atoms with E-state index in [1.165, 1.54) is 42.9 Å². The molecular formula is C18H26N4O3. The number of amides is 1. The van der Waals surface area contributed by atoms with Gasteiger partial charge in [0.2, 0.25) is 5.91 Å². The number of carbonyl (C=O) groups is 1. The summed E-state index contributed by atoms with van der Waals surface area (Å²) in [4.78, 5) is 23.4. The third-order valence-corrected chi connectivity index (χ3v) is 6.62. The molecule has 4 saturated carbocycles. The van der Waals surface area contributed by atoms with Crippen molar-refractivity contribution >= 4 is 11.7 Å². The number of rotatable bonds is 5. The summed E-state index contributed by atoms with van der Waals surface area (Å²) in [6.45, 7) is 3.69. The molecule has 1 atom stereocenters. The van der Waals surface area contributed by atoms with Gasteiger partial charge < -0.3 is 15.4 Å². The Kier molecular flexibility index (Phi) is 4.04. The van der Waals surface area contributed by atoms with Crippen LogP contribution >= 0.6 is 0 Å². The van der Waals surface area contributed by atoms with Gasteiger partial charge in [-0.3, -0.25) is 4.79 Å². The highest BCUT2D eigenvalue weighted by atomic mass is 16.6. The molecule has 0 saturated heterocycles. The van der Waals surface area contributed by atoms with Crippen LogP contribution in [0.4, 0.5) is 5.82 Å². The lowest BCUT2D eigenvalue weighted by Gasteiger charge is -2.54. The van der Waals surface area contributed by atoms with Crippen LogP contribution in [0.15, 0.2) is 6.07 Å². The summed E-state index contributed by atoms with van der Waals surface area (Å²) in [5.74, 6) is 2.73. The predicted octanol–water partition coefficient (Wildman–Crippen LogP) is 2.99. The van der Waals surface area contributed by atoms with Crippen molar-refractivity contribution in [1.29, 1.82) is 0 Å². The highest BCUT2D eigenvalue weighted by Gasteiger charge is 2.49. The van der Waals surface area contributed by atoms with Gasteiger partial charge in [-0.2, -0.15) is 4.68 Å². The highest BCUT2D eigenvalue weighted by Crippen LogP contribution is 2.53. The maximum absolute atomic E-state index is 13.0. The fraction of sp³-hybridized carbons (Fsp3) is 0.778. The molecule has 136 valence electrons. The largest absolute Gasteiger partial charge is 0.390 e. The molecule has 1 amide bonds. The average Bonchev–Trinajstić information content (AvgIpc) is 2.93. The van der Waals surface area contributed by atoms with E-state index in [4.69, 9.17) is 0 Å². The number of aryl methyl sites for hydroxylation is 1. The Hall–Kier alpha value is -1.92. The van der Waals surface area contributed by atoms with Crippen molar-refractivity contribution in [3.05, 3.63) is 21.9 Å². The molecule has 1 aromatic rings. The maximum Gasteiger partial charge on any atom is 0.390 e. The van der Waals surface area contributed by atoms with E-state index in [9.17, 15) is 14.9 Å². The molecule has 4 fully saturated rings. The smallest absolute Gasteiger partial charge is 0.358 e. The number of hydrogen-bond acceptors (Lipinski definition) is 4. The zero-order chi connectivity index (χ0) is 17.7. The normalized spacial score (nSPS) is 34.1. The first kappa shape index (κ1) is 16.5. The third-order valence-electron chi connectivity index (χ3n) is 6.62. The minimum Gasteiger partial charge on any atom is -0.358 e. The molecule has 0 aromatic carbocycles.